The summed E-state index contributed by atoms with van der Waals surface area (Å²) in [5.74, 6) is 0.730. The van der Waals surface area contributed by atoms with Gasteiger partial charge in [-0.2, -0.15) is 0 Å². The number of benzene rings is 2. The second kappa shape index (κ2) is 6.86. The zero-order valence-corrected chi connectivity index (χ0v) is 12.4. The minimum absolute atomic E-state index is 0.0589. The first-order chi connectivity index (χ1) is 10.3. The molecule has 1 fully saturated rings. The number of rotatable bonds is 4. The second-order valence-electron chi connectivity index (χ2n) is 6.15. The van der Waals surface area contributed by atoms with E-state index in [4.69, 9.17) is 0 Å². The Hall–Kier alpha value is -1.67. The number of likely N-dealkylation sites (tertiary alicyclic amines) is 1. The molecule has 0 aliphatic carbocycles. The van der Waals surface area contributed by atoms with E-state index in [1.54, 1.807) is 12.1 Å². The fourth-order valence-electron chi connectivity index (χ4n) is 3.33. The van der Waals surface area contributed by atoms with Crippen molar-refractivity contribution < 1.29 is 9.29 Å². The van der Waals surface area contributed by atoms with E-state index in [-0.39, 0.29) is 5.82 Å². The van der Waals surface area contributed by atoms with Gasteiger partial charge < -0.3 is 4.90 Å². The van der Waals surface area contributed by atoms with Crippen molar-refractivity contribution in [3.05, 3.63) is 71.5 Å². The van der Waals surface area contributed by atoms with Crippen LogP contribution in [0.1, 0.15) is 24.0 Å². The lowest BCUT2D eigenvalue weighted by Crippen LogP contribution is -3.11. The molecule has 2 aromatic rings. The fraction of sp³-hybridized carbons (Fsp3) is 0.368. The monoisotopic (exact) mass is 284 g/mol. The largest absolute Gasteiger partial charge is 0.331 e. The Morgan fingerprint density at radius 1 is 0.905 bits per heavy atom. The maximum absolute atomic E-state index is 13.7. The maximum atomic E-state index is 13.7. The van der Waals surface area contributed by atoms with Crippen molar-refractivity contribution in [2.24, 2.45) is 5.92 Å². The molecule has 0 atom stereocenters. The second-order valence-corrected chi connectivity index (χ2v) is 6.15. The van der Waals surface area contributed by atoms with Crippen molar-refractivity contribution in [3.8, 4) is 0 Å². The maximum Gasteiger partial charge on any atom is 0.132 e. The van der Waals surface area contributed by atoms with Gasteiger partial charge in [-0.05, 0) is 36.8 Å². The number of quaternary nitrogens is 1. The van der Waals surface area contributed by atoms with Crippen LogP contribution >= 0.6 is 0 Å². The molecule has 1 heterocycles. The van der Waals surface area contributed by atoms with Crippen LogP contribution in [0.2, 0.25) is 0 Å². The summed E-state index contributed by atoms with van der Waals surface area (Å²) in [6, 6.07) is 17.9. The average molecular weight is 284 g/mol. The van der Waals surface area contributed by atoms with Crippen LogP contribution in [0.25, 0.3) is 0 Å². The zero-order chi connectivity index (χ0) is 14.5. The van der Waals surface area contributed by atoms with Crippen LogP contribution in [0.4, 0.5) is 4.39 Å². The molecule has 1 aliphatic heterocycles. The number of hydrogen-bond acceptors (Lipinski definition) is 0. The summed E-state index contributed by atoms with van der Waals surface area (Å²) in [6.45, 7) is 3.14. The van der Waals surface area contributed by atoms with Crippen LogP contribution in [-0.2, 0) is 13.0 Å². The first-order valence-corrected chi connectivity index (χ1v) is 7.92. The molecule has 1 saturated heterocycles. The molecule has 0 spiro atoms. The van der Waals surface area contributed by atoms with Gasteiger partial charge in [-0.1, -0.05) is 48.5 Å². The van der Waals surface area contributed by atoms with Gasteiger partial charge in [0, 0.05) is 5.56 Å². The molecular weight excluding hydrogens is 261 g/mol. The Labute approximate surface area is 126 Å². The minimum Gasteiger partial charge on any atom is -0.331 e. The van der Waals surface area contributed by atoms with Gasteiger partial charge in [0.1, 0.15) is 12.4 Å². The molecule has 21 heavy (non-hydrogen) atoms. The van der Waals surface area contributed by atoms with Gasteiger partial charge in [-0.25, -0.2) is 4.39 Å². The summed E-state index contributed by atoms with van der Waals surface area (Å²) < 4.78 is 13.7. The highest BCUT2D eigenvalue weighted by molar-refractivity contribution is 5.16. The summed E-state index contributed by atoms with van der Waals surface area (Å²) in [6.07, 6.45) is 3.69. The Balaban J connectivity index is 1.50. The van der Waals surface area contributed by atoms with Crippen molar-refractivity contribution in [2.45, 2.75) is 25.8 Å². The number of halogens is 1. The van der Waals surface area contributed by atoms with E-state index in [9.17, 15) is 4.39 Å². The summed E-state index contributed by atoms with van der Waals surface area (Å²) in [4.78, 5) is 1.52. The normalized spacial score (nSPS) is 22.1. The number of nitrogens with one attached hydrogen (secondary N) is 1. The van der Waals surface area contributed by atoms with E-state index in [1.165, 1.54) is 29.7 Å². The Kier molecular flexibility index (Phi) is 4.66. The van der Waals surface area contributed by atoms with E-state index in [0.717, 1.165) is 31.1 Å². The molecule has 2 heteroatoms. The summed E-state index contributed by atoms with van der Waals surface area (Å²) in [5, 5.41) is 0. The van der Waals surface area contributed by atoms with Gasteiger partial charge in [0.05, 0.1) is 13.1 Å². The Morgan fingerprint density at radius 3 is 2.29 bits per heavy atom. The van der Waals surface area contributed by atoms with E-state index in [1.807, 2.05) is 12.1 Å². The molecule has 1 nitrogen and oxygen atoms in total. The highest BCUT2D eigenvalue weighted by Crippen LogP contribution is 2.16. The molecule has 0 saturated carbocycles. The van der Waals surface area contributed by atoms with Gasteiger partial charge >= 0.3 is 0 Å². The van der Waals surface area contributed by atoms with E-state index >= 15 is 0 Å². The summed E-state index contributed by atoms with van der Waals surface area (Å²) in [5.41, 5.74) is 2.30. The number of piperidine rings is 1. The lowest BCUT2D eigenvalue weighted by atomic mass is 9.90. The van der Waals surface area contributed by atoms with Crippen LogP contribution in [0.15, 0.2) is 54.6 Å². The highest BCUT2D eigenvalue weighted by atomic mass is 19.1. The molecule has 0 amide bonds. The lowest BCUT2D eigenvalue weighted by molar-refractivity contribution is -0.920. The Morgan fingerprint density at radius 2 is 1.57 bits per heavy atom. The van der Waals surface area contributed by atoms with Crippen LogP contribution in [-0.4, -0.2) is 13.1 Å². The minimum atomic E-state index is -0.0589. The van der Waals surface area contributed by atoms with Crippen molar-refractivity contribution in [2.75, 3.05) is 13.1 Å². The third-order valence-electron chi connectivity index (χ3n) is 4.58. The SMILES string of the molecule is Fc1ccccc1C[NH+]1CCC(Cc2ccccc2)CC1. The van der Waals surface area contributed by atoms with E-state index < -0.39 is 0 Å². The van der Waals surface area contributed by atoms with Gasteiger partial charge in [0.15, 0.2) is 0 Å². The van der Waals surface area contributed by atoms with Crippen LogP contribution in [0.3, 0.4) is 0 Å². The van der Waals surface area contributed by atoms with Gasteiger partial charge in [-0.3, -0.25) is 0 Å². The summed E-state index contributed by atoms with van der Waals surface area (Å²) in [7, 11) is 0. The smallest absolute Gasteiger partial charge is 0.132 e. The van der Waals surface area contributed by atoms with Crippen LogP contribution in [0.5, 0.6) is 0 Å². The topological polar surface area (TPSA) is 4.44 Å². The molecule has 1 aliphatic rings. The molecule has 0 radical (unpaired) electrons. The van der Waals surface area contributed by atoms with Gasteiger partial charge in [0.2, 0.25) is 0 Å². The third kappa shape index (κ3) is 3.92. The fourth-order valence-corrected chi connectivity index (χ4v) is 3.33. The van der Waals surface area contributed by atoms with E-state index in [2.05, 4.69) is 30.3 Å². The first-order valence-electron chi connectivity index (χ1n) is 7.92. The third-order valence-corrected chi connectivity index (χ3v) is 4.58. The lowest BCUT2D eigenvalue weighted by Gasteiger charge is -2.29. The van der Waals surface area contributed by atoms with Crippen LogP contribution in [0, 0.1) is 11.7 Å². The average Bonchev–Trinajstić information content (AvgIpc) is 2.52. The van der Waals surface area contributed by atoms with Crippen LogP contribution < -0.4 is 4.90 Å². The molecular formula is C19H23FN+. The van der Waals surface area contributed by atoms with Gasteiger partial charge in [-0.15, -0.1) is 0 Å². The molecule has 0 unspecified atom stereocenters. The highest BCUT2D eigenvalue weighted by Gasteiger charge is 2.23. The molecule has 0 bridgehead atoms. The predicted octanol–water partition coefficient (Wildman–Crippen LogP) is 2.86. The van der Waals surface area contributed by atoms with Crippen molar-refractivity contribution in [1.82, 2.24) is 0 Å². The zero-order valence-electron chi connectivity index (χ0n) is 12.4. The molecule has 110 valence electrons. The molecule has 1 N–H and O–H groups in total. The Bertz CT molecular complexity index is 559. The van der Waals surface area contributed by atoms with Gasteiger partial charge in [0.25, 0.3) is 0 Å². The number of hydrogen-bond donors (Lipinski definition) is 1. The van der Waals surface area contributed by atoms with Crippen molar-refractivity contribution >= 4 is 0 Å². The van der Waals surface area contributed by atoms with E-state index in [0.29, 0.717) is 0 Å². The van der Waals surface area contributed by atoms with Crippen molar-refractivity contribution in [1.29, 1.82) is 0 Å². The quantitative estimate of drug-likeness (QED) is 0.880. The first kappa shape index (κ1) is 14.3. The predicted molar refractivity (Wildman–Crippen MR) is 83.7 cm³/mol. The summed E-state index contributed by atoms with van der Waals surface area (Å²) >= 11 is 0. The molecule has 3 rings (SSSR count). The standard InChI is InChI=1S/C19H22FN/c20-19-9-5-4-8-18(19)15-21-12-10-17(11-13-21)14-16-6-2-1-3-7-16/h1-9,17H,10-15H2/p+1. The molecule has 2 aromatic carbocycles. The molecule has 0 aromatic heterocycles. The van der Waals surface area contributed by atoms with Crippen molar-refractivity contribution in [3.63, 3.8) is 0 Å².